The van der Waals surface area contributed by atoms with Crippen molar-refractivity contribution in [3.8, 4) is 11.5 Å². The number of carbonyl (C=O) groups is 1. The molecule has 0 atom stereocenters. The minimum Gasteiger partial charge on any atom is -0.486 e. The van der Waals surface area contributed by atoms with Gasteiger partial charge in [-0.05, 0) is 48.1 Å². The lowest BCUT2D eigenvalue weighted by Crippen LogP contribution is -2.34. The number of aryl methyl sites for hydroxylation is 1. The molecule has 0 unspecified atom stereocenters. The lowest BCUT2D eigenvalue weighted by Gasteiger charge is -2.23. The molecule has 0 fully saturated rings. The van der Waals surface area contributed by atoms with Crippen LogP contribution in [0.5, 0.6) is 11.5 Å². The summed E-state index contributed by atoms with van der Waals surface area (Å²) in [6, 6.07) is 17.4. The van der Waals surface area contributed by atoms with E-state index in [-0.39, 0.29) is 18.0 Å². The fourth-order valence-electron chi connectivity index (χ4n) is 4.07. The van der Waals surface area contributed by atoms with Crippen molar-refractivity contribution in [1.29, 1.82) is 0 Å². The maximum Gasteiger partial charge on any atom is 0.264 e. The Bertz CT molecular complexity index is 1360. The van der Waals surface area contributed by atoms with E-state index < -0.39 is 0 Å². The molecule has 33 heavy (non-hydrogen) atoms. The summed E-state index contributed by atoms with van der Waals surface area (Å²) in [4.78, 5) is 31.5. The van der Waals surface area contributed by atoms with E-state index in [1.54, 1.807) is 11.0 Å². The van der Waals surface area contributed by atoms with Gasteiger partial charge >= 0.3 is 0 Å². The lowest BCUT2D eigenvalue weighted by molar-refractivity contribution is 0.0749. The predicted molar refractivity (Wildman–Crippen MR) is 130 cm³/mol. The van der Waals surface area contributed by atoms with Gasteiger partial charge in [0, 0.05) is 23.6 Å². The summed E-state index contributed by atoms with van der Waals surface area (Å²) in [5.74, 6) is 1.22. The second kappa shape index (κ2) is 9.11. The molecule has 0 radical (unpaired) electrons. The van der Waals surface area contributed by atoms with Crippen LogP contribution in [0.15, 0.2) is 64.8 Å². The first kappa shape index (κ1) is 21.3. The fourth-order valence-corrected chi connectivity index (χ4v) is 4.76. The Morgan fingerprint density at radius 1 is 1.03 bits per heavy atom. The zero-order valence-electron chi connectivity index (χ0n) is 18.3. The van der Waals surface area contributed by atoms with Gasteiger partial charge in [0.15, 0.2) is 11.5 Å². The van der Waals surface area contributed by atoms with Gasteiger partial charge in [0.1, 0.15) is 13.2 Å². The molecule has 0 bridgehead atoms. The largest absolute Gasteiger partial charge is 0.486 e. The van der Waals surface area contributed by atoms with E-state index in [4.69, 9.17) is 9.47 Å². The summed E-state index contributed by atoms with van der Waals surface area (Å²) in [5, 5.41) is 2.73. The zero-order valence-corrected chi connectivity index (χ0v) is 19.1. The monoisotopic (exact) mass is 460 g/mol. The van der Waals surface area contributed by atoms with Crippen molar-refractivity contribution >= 4 is 28.1 Å². The van der Waals surface area contributed by atoms with Crippen LogP contribution < -0.4 is 15.0 Å². The van der Waals surface area contributed by atoms with Crippen LogP contribution >= 0.6 is 11.3 Å². The van der Waals surface area contributed by atoms with Gasteiger partial charge in [-0.2, -0.15) is 0 Å². The minimum atomic E-state index is -0.209. The number of hydrogen-bond acceptors (Lipinski definition) is 5. The number of aromatic amines is 1. The molecule has 5 rings (SSSR count). The molecule has 1 N–H and O–H groups in total. The molecule has 1 amide bonds. The summed E-state index contributed by atoms with van der Waals surface area (Å²) in [7, 11) is 0. The summed E-state index contributed by atoms with van der Waals surface area (Å²) in [6.45, 7) is 3.79. The van der Waals surface area contributed by atoms with Crippen LogP contribution in [0, 0.1) is 6.92 Å². The van der Waals surface area contributed by atoms with Crippen molar-refractivity contribution in [3.05, 3.63) is 91.9 Å². The molecule has 0 saturated heterocycles. The molecule has 0 saturated carbocycles. The molecule has 7 heteroatoms. The first-order chi connectivity index (χ1) is 16.1. The predicted octanol–water partition coefficient (Wildman–Crippen LogP) is 4.55. The zero-order chi connectivity index (χ0) is 22.8. The molecule has 2 aromatic carbocycles. The number of carbonyl (C=O) groups excluding carboxylic acids is 1. The van der Waals surface area contributed by atoms with Crippen molar-refractivity contribution < 1.29 is 14.3 Å². The van der Waals surface area contributed by atoms with Gasteiger partial charge in [0.25, 0.3) is 11.5 Å². The Morgan fingerprint density at radius 3 is 2.58 bits per heavy atom. The van der Waals surface area contributed by atoms with Gasteiger partial charge in [0.05, 0.1) is 16.9 Å². The van der Waals surface area contributed by atoms with Crippen molar-refractivity contribution in [3.63, 3.8) is 0 Å². The van der Waals surface area contributed by atoms with Crippen molar-refractivity contribution in [2.45, 2.75) is 19.9 Å². The third-order valence-electron chi connectivity index (χ3n) is 5.88. The summed E-state index contributed by atoms with van der Waals surface area (Å²) < 4.78 is 11.3. The molecule has 1 aliphatic rings. The highest BCUT2D eigenvalue weighted by Crippen LogP contribution is 2.33. The van der Waals surface area contributed by atoms with Crippen LogP contribution in [0.3, 0.4) is 0 Å². The third kappa shape index (κ3) is 4.50. The maximum absolute atomic E-state index is 13.3. The molecule has 2 aromatic heterocycles. The van der Waals surface area contributed by atoms with Crippen LogP contribution in [0.4, 0.5) is 0 Å². The molecular formula is C26H24N2O4S. The van der Waals surface area contributed by atoms with E-state index in [0.29, 0.717) is 53.6 Å². The number of nitrogens with one attached hydrogen (secondary N) is 1. The average molecular weight is 461 g/mol. The van der Waals surface area contributed by atoms with Gasteiger partial charge in [-0.25, -0.2) is 0 Å². The second-order valence-electron chi connectivity index (χ2n) is 8.09. The van der Waals surface area contributed by atoms with Gasteiger partial charge in [0.2, 0.25) is 0 Å². The van der Waals surface area contributed by atoms with Crippen LogP contribution in [0.2, 0.25) is 0 Å². The second-order valence-corrected chi connectivity index (χ2v) is 9.04. The fraction of sp³-hybridized carbons (Fsp3) is 0.231. The van der Waals surface area contributed by atoms with Crippen LogP contribution in [-0.2, 0) is 13.0 Å². The van der Waals surface area contributed by atoms with Crippen molar-refractivity contribution in [2.24, 2.45) is 0 Å². The van der Waals surface area contributed by atoms with Gasteiger partial charge in [-0.15, -0.1) is 11.3 Å². The SMILES string of the molecule is Cc1ccccc1CCN(Cc1cc2cc3c(cc2[nH]c1=O)OCCO3)C(=O)c1cccs1. The highest BCUT2D eigenvalue weighted by molar-refractivity contribution is 7.12. The van der Waals surface area contributed by atoms with Gasteiger partial charge in [-0.1, -0.05) is 30.3 Å². The normalized spacial score (nSPS) is 12.6. The van der Waals surface area contributed by atoms with Gasteiger partial charge < -0.3 is 19.4 Å². The van der Waals surface area contributed by atoms with Crippen LogP contribution in [0.1, 0.15) is 26.4 Å². The van der Waals surface area contributed by atoms with E-state index >= 15 is 0 Å². The number of benzene rings is 2. The van der Waals surface area contributed by atoms with E-state index in [9.17, 15) is 9.59 Å². The van der Waals surface area contributed by atoms with Crippen LogP contribution in [0.25, 0.3) is 10.9 Å². The van der Waals surface area contributed by atoms with Crippen LogP contribution in [-0.4, -0.2) is 35.5 Å². The number of thiophene rings is 1. The molecule has 168 valence electrons. The lowest BCUT2D eigenvalue weighted by atomic mass is 10.1. The highest BCUT2D eigenvalue weighted by atomic mass is 32.1. The van der Waals surface area contributed by atoms with E-state index in [1.165, 1.54) is 22.5 Å². The first-order valence-corrected chi connectivity index (χ1v) is 11.8. The molecule has 0 spiro atoms. The Hall–Kier alpha value is -3.58. The van der Waals surface area contributed by atoms with Crippen molar-refractivity contribution in [2.75, 3.05) is 19.8 Å². The number of aromatic nitrogens is 1. The quantitative estimate of drug-likeness (QED) is 0.458. The molecular weight excluding hydrogens is 436 g/mol. The number of fused-ring (bicyclic) bond motifs is 2. The number of rotatable bonds is 6. The standard InChI is InChI=1S/C26H24N2O4S/c1-17-5-2-3-6-18(17)8-9-28(26(30)24-7-4-12-33-24)16-20-13-19-14-22-23(32-11-10-31-22)15-21(19)27-25(20)29/h2-7,12-15H,8-11,16H2,1H3,(H,27,29). The molecule has 6 nitrogen and oxygen atoms in total. The molecule has 4 aromatic rings. The Balaban J connectivity index is 1.46. The number of nitrogens with zero attached hydrogens (tertiary/aromatic N) is 1. The van der Waals surface area contributed by atoms with E-state index in [0.717, 1.165) is 5.39 Å². The Morgan fingerprint density at radius 2 is 1.82 bits per heavy atom. The smallest absolute Gasteiger partial charge is 0.264 e. The van der Waals surface area contributed by atoms with Gasteiger partial charge in [-0.3, -0.25) is 9.59 Å². The topological polar surface area (TPSA) is 71.6 Å². The minimum absolute atomic E-state index is 0.0692. The van der Waals surface area contributed by atoms with E-state index in [2.05, 4.69) is 24.0 Å². The molecule has 3 heterocycles. The Labute approximate surface area is 195 Å². The summed E-state index contributed by atoms with van der Waals surface area (Å²) >= 11 is 1.41. The number of amides is 1. The van der Waals surface area contributed by atoms with E-state index in [1.807, 2.05) is 41.8 Å². The molecule has 1 aliphatic heterocycles. The highest BCUT2D eigenvalue weighted by Gasteiger charge is 2.20. The number of hydrogen-bond donors (Lipinski definition) is 1. The number of pyridine rings is 1. The maximum atomic E-state index is 13.3. The number of ether oxygens (including phenoxy) is 2. The third-order valence-corrected chi connectivity index (χ3v) is 6.73. The Kier molecular flexibility index (Phi) is 5.88. The summed E-state index contributed by atoms with van der Waals surface area (Å²) in [5.41, 5.74) is 3.39. The summed E-state index contributed by atoms with van der Waals surface area (Å²) in [6.07, 6.45) is 0.716. The molecule has 0 aliphatic carbocycles. The van der Waals surface area contributed by atoms with Crippen molar-refractivity contribution in [1.82, 2.24) is 9.88 Å². The first-order valence-electron chi connectivity index (χ1n) is 10.9. The average Bonchev–Trinajstić information content (AvgIpc) is 3.36. The number of H-pyrrole nitrogens is 1.